The minimum atomic E-state index is -0.935. The molecule has 170 valence electrons. The van der Waals surface area contributed by atoms with Crippen LogP contribution in [0, 0.1) is 0 Å². The molecule has 0 saturated heterocycles. The van der Waals surface area contributed by atoms with Gasteiger partial charge in [0.05, 0.1) is 0 Å². The Labute approximate surface area is 178 Å². The van der Waals surface area contributed by atoms with E-state index in [0.29, 0.717) is 6.42 Å². The number of carboxylic acid groups (broad SMARTS) is 2. The first-order valence-electron chi connectivity index (χ1n) is 9.17. The quantitative estimate of drug-likeness (QED) is 0.227. The Balaban J connectivity index is -0.000000495. The van der Waals surface area contributed by atoms with Crippen molar-refractivity contribution in [2.75, 3.05) is 0 Å². The number of rotatable bonds is 10. The van der Waals surface area contributed by atoms with E-state index < -0.39 is 30.2 Å². The molecule has 8 nitrogen and oxygen atoms in total. The maximum absolute atomic E-state index is 11.4. The monoisotopic (exact) mass is 426 g/mol. The molecule has 0 saturated carbocycles. The Morgan fingerprint density at radius 1 is 0.700 bits per heavy atom. The molecule has 0 amide bonds. The SMILES string of the molecule is C=C(C)C(=O)O.C=C(C)C(=O)O.C=C(C)C(=O)OC(CCCCC)OC(=O)C(=C)C. The van der Waals surface area contributed by atoms with Gasteiger partial charge >= 0.3 is 23.9 Å². The smallest absolute Gasteiger partial charge is 0.336 e. The van der Waals surface area contributed by atoms with Gasteiger partial charge in [0.15, 0.2) is 0 Å². The summed E-state index contributed by atoms with van der Waals surface area (Å²) >= 11 is 0. The van der Waals surface area contributed by atoms with Gasteiger partial charge in [-0.1, -0.05) is 46.1 Å². The van der Waals surface area contributed by atoms with Crippen molar-refractivity contribution in [2.45, 2.75) is 66.6 Å². The molecule has 0 heterocycles. The van der Waals surface area contributed by atoms with Crippen molar-refractivity contribution in [3.63, 3.8) is 0 Å². The van der Waals surface area contributed by atoms with Crippen LogP contribution in [0.15, 0.2) is 48.6 Å². The Morgan fingerprint density at radius 2 is 1.00 bits per heavy atom. The van der Waals surface area contributed by atoms with E-state index in [2.05, 4.69) is 33.2 Å². The Kier molecular flexibility index (Phi) is 18.8. The number of carbonyl (C=O) groups is 4. The number of esters is 2. The van der Waals surface area contributed by atoms with E-state index in [9.17, 15) is 19.2 Å². The summed E-state index contributed by atoms with van der Waals surface area (Å²) < 4.78 is 10.1. The number of unbranched alkanes of at least 4 members (excludes halogenated alkanes) is 2. The molecule has 0 bridgehead atoms. The molecular weight excluding hydrogens is 392 g/mol. The second-order valence-electron chi connectivity index (χ2n) is 6.47. The number of carbonyl (C=O) groups excluding carboxylic acids is 2. The molecule has 0 unspecified atom stereocenters. The summed E-state index contributed by atoms with van der Waals surface area (Å²) in [6, 6.07) is 0. The van der Waals surface area contributed by atoms with Gasteiger partial charge in [-0.2, -0.15) is 0 Å². The molecular formula is C22H34O8. The highest BCUT2D eigenvalue weighted by Gasteiger charge is 2.19. The first kappa shape index (κ1) is 31.5. The molecule has 0 aromatic carbocycles. The maximum atomic E-state index is 11.4. The molecule has 0 fully saturated rings. The highest BCUT2D eigenvalue weighted by Crippen LogP contribution is 2.12. The normalized spacial score (nSPS) is 9.00. The molecule has 0 aliphatic carbocycles. The summed E-state index contributed by atoms with van der Waals surface area (Å²) in [7, 11) is 0. The lowest BCUT2D eigenvalue weighted by molar-refractivity contribution is -0.183. The van der Waals surface area contributed by atoms with Crippen molar-refractivity contribution in [3.05, 3.63) is 48.6 Å². The predicted octanol–water partition coefficient (Wildman–Crippen LogP) is 4.43. The largest absolute Gasteiger partial charge is 0.478 e. The molecule has 2 N–H and O–H groups in total. The van der Waals surface area contributed by atoms with Crippen LogP contribution in [0.2, 0.25) is 0 Å². The molecule has 8 heteroatoms. The molecule has 0 spiro atoms. The minimum Gasteiger partial charge on any atom is -0.478 e. The number of hydrogen-bond donors (Lipinski definition) is 2. The second kappa shape index (κ2) is 17.9. The molecule has 30 heavy (non-hydrogen) atoms. The molecule has 0 aromatic heterocycles. The summed E-state index contributed by atoms with van der Waals surface area (Å²) in [4.78, 5) is 42.0. The Morgan fingerprint density at radius 3 is 1.20 bits per heavy atom. The summed E-state index contributed by atoms with van der Waals surface area (Å²) in [5.74, 6) is -2.97. The van der Waals surface area contributed by atoms with Crippen molar-refractivity contribution in [1.29, 1.82) is 0 Å². The van der Waals surface area contributed by atoms with Gasteiger partial charge in [-0.25, -0.2) is 19.2 Å². The van der Waals surface area contributed by atoms with Gasteiger partial charge in [-0.05, 0) is 34.1 Å². The topological polar surface area (TPSA) is 127 Å². The van der Waals surface area contributed by atoms with Gasteiger partial charge in [-0.3, -0.25) is 0 Å². The lowest BCUT2D eigenvalue weighted by Gasteiger charge is -2.18. The number of ether oxygens (including phenoxy) is 2. The van der Waals surface area contributed by atoms with Gasteiger partial charge in [0.1, 0.15) is 0 Å². The summed E-state index contributed by atoms with van der Waals surface area (Å²) in [5.41, 5.74) is 0.911. The Bertz CT molecular complexity index is 582. The summed E-state index contributed by atoms with van der Waals surface area (Å²) in [6.07, 6.45) is 2.49. The molecule has 0 radical (unpaired) electrons. The molecule has 0 aromatic rings. The van der Waals surface area contributed by atoms with Crippen LogP contribution in [-0.4, -0.2) is 40.4 Å². The van der Waals surface area contributed by atoms with Gasteiger partial charge in [-0.15, -0.1) is 0 Å². The van der Waals surface area contributed by atoms with E-state index >= 15 is 0 Å². The number of hydrogen-bond acceptors (Lipinski definition) is 6. The van der Waals surface area contributed by atoms with Crippen LogP contribution in [0.1, 0.15) is 60.3 Å². The van der Waals surface area contributed by atoms with Crippen LogP contribution in [0.3, 0.4) is 0 Å². The van der Waals surface area contributed by atoms with E-state index in [1.165, 1.54) is 13.8 Å². The fraction of sp³-hybridized carbons (Fsp3) is 0.455. The van der Waals surface area contributed by atoms with Crippen LogP contribution in [0.25, 0.3) is 0 Å². The van der Waals surface area contributed by atoms with Crippen molar-refractivity contribution in [3.8, 4) is 0 Å². The summed E-state index contributed by atoms with van der Waals surface area (Å²) in [6.45, 7) is 21.3. The van der Waals surface area contributed by atoms with E-state index in [4.69, 9.17) is 19.7 Å². The lowest BCUT2D eigenvalue weighted by Crippen LogP contribution is -2.25. The lowest BCUT2D eigenvalue weighted by atomic mass is 10.2. The fourth-order valence-electron chi connectivity index (χ4n) is 1.14. The van der Waals surface area contributed by atoms with Crippen molar-refractivity contribution >= 4 is 23.9 Å². The zero-order valence-electron chi connectivity index (χ0n) is 18.6. The highest BCUT2D eigenvalue weighted by atomic mass is 16.7. The van der Waals surface area contributed by atoms with Crippen molar-refractivity contribution in [1.82, 2.24) is 0 Å². The van der Waals surface area contributed by atoms with E-state index in [1.807, 2.05) is 0 Å². The first-order valence-corrected chi connectivity index (χ1v) is 9.17. The van der Waals surface area contributed by atoms with Crippen molar-refractivity contribution < 1.29 is 38.9 Å². The first-order chi connectivity index (χ1) is 13.7. The average molecular weight is 427 g/mol. The van der Waals surface area contributed by atoms with Crippen molar-refractivity contribution in [2.24, 2.45) is 0 Å². The average Bonchev–Trinajstić information content (AvgIpc) is 2.62. The van der Waals surface area contributed by atoms with Crippen LogP contribution in [0.5, 0.6) is 0 Å². The third kappa shape index (κ3) is 21.1. The van der Waals surface area contributed by atoms with Crippen LogP contribution in [0.4, 0.5) is 0 Å². The molecule has 0 aliphatic rings. The number of carboxylic acids is 2. The fourth-order valence-corrected chi connectivity index (χ4v) is 1.14. The van der Waals surface area contributed by atoms with Gasteiger partial charge in [0.25, 0.3) is 0 Å². The van der Waals surface area contributed by atoms with Crippen LogP contribution in [-0.2, 0) is 28.7 Å². The second-order valence-corrected chi connectivity index (χ2v) is 6.47. The van der Waals surface area contributed by atoms with E-state index in [0.717, 1.165) is 19.3 Å². The van der Waals surface area contributed by atoms with Crippen LogP contribution >= 0.6 is 0 Å². The molecule has 0 rings (SSSR count). The van der Waals surface area contributed by atoms with Gasteiger partial charge < -0.3 is 19.7 Å². The van der Waals surface area contributed by atoms with Crippen LogP contribution < -0.4 is 0 Å². The standard InChI is InChI=1S/C14H22O4.2C4H6O2/c1-6-7-8-9-12(17-13(15)10(2)3)18-14(16)11(4)5;2*1-3(2)4(5)6/h12H,2,4,6-9H2,1,3,5H3;2*1H2,2H3,(H,5,6). The third-order valence-corrected chi connectivity index (χ3v) is 2.95. The predicted molar refractivity (Wildman–Crippen MR) is 115 cm³/mol. The molecule has 0 aliphatic heterocycles. The zero-order valence-corrected chi connectivity index (χ0v) is 18.6. The third-order valence-electron chi connectivity index (χ3n) is 2.95. The van der Waals surface area contributed by atoms with Gasteiger partial charge in [0, 0.05) is 28.7 Å². The molecule has 0 atom stereocenters. The van der Waals surface area contributed by atoms with Gasteiger partial charge in [0.2, 0.25) is 6.29 Å². The number of aliphatic carboxylic acids is 2. The minimum absolute atomic E-state index is 0.176. The maximum Gasteiger partial charge on any atom is 0.336 e. The zero-order chi connectivity index (χ0) is 24.4. The Hall–Kier alpha value is -3.16. The van der Waals surface area contributed by atoms with E-state index in [1.54, 1.807) is 13.8 Å². The summed E-state index contributed by atoms with van der Waals surface area (Å²) in [5, 5.41) is 15.8. The highest BCUT2D eigenvalue weighted by molar-refractivity contribution is 5.88. The van der Waals surface area contributed by atoms with E-state index in [-0.39, 0.29) is 22.3 Å².